The highest BCUT2D eigenvalue weighted by Crippen LogP contribution is 2.30. The van der Waals surface area contributed by atoms with Crippen molar-refractivity contribution in [1.29, 1.82) is 0 Å². The smallest absolute Gasteiger partial charge is 0.416 e. The zero-order valence-electron chi connectivity index (χ0n) is 14.7. The summed E-state index contributed by atoms with van der Waals surface area (Å²) in [5.41, 5.74) is -1.42. The summed E-state index contributed by atoms with van der Waals surface area (Å²) in [6.45, 7) is 0.436. The van der Waals surface area contributed by atoms with Crippen molar-refractivity contribution < 1.29 is 36.2 Å². The van der Waals surface area contributed by atoms with Crippen LogP contribution in [0.25, 0.3) is 0 Å². The van der Waals surface area contributed by atoms with Crippen molar-refractivity contribution in [3.8, 4) is 11.5 Å². The Morgan fingerprint density at radius 1 is 0.667 bits per heavy atom. The summed E-state index contributed by atoms with van der Waals surface area (Å²) in [6, 6.07) is 8.29. The van der Waals surface area contributed by atoms with Crippen molar-refractivity contribution in [1.82, 2.24) is 0 Å². The van der Waals surface area contributed by atoms with E-state index in [0.717, 1.165) is 47.1 Å². The summed E-state index contributed by atoms with van der Waals surface area (Å²) in [5, 5.41) is 11.4. The first-order chi connectivity index (χ1) is 13.5. The van der Waals surface area contributed by atoms with Crippen LogP contribution in [0.4, 0.5) is 26.3 Å². The molecule has 0 fully saturated rings. The van der Waals surface area contributed by atoms with Crippen molar-refractivity contribution in [2.24, 2.45) is 0 Å². The molecule has 2 nitrogen and oxygen atoms in total. The molecule has 0 heterocycles. The zero-order chi connectivity index (χ0) is 22.5. The number of alkyl halides is 9. The number of rotatable bonds is 4. The predicted octanol–water partition coefficient (Wildman–Crippen LogP) is 8.30. The molecule has 0 spiro atoms. The summed E-state index contributed by atoms with van der Waals surface area (Å²) in [7, 11) is 0. The van der Waals surface area contributed by atoms with E-state index in [-0.39, 0.29) is 13.2 Å². The molecule has 1 N–H and O–H groups in total. The molecule has 0 saturated heterocycles. The second-order valence-electron chi connectivity index (χ2n) is 4.98. The van der Waals surface area contributed by atoms with Gasteiger partial charge in [0, 0.05) is 16.0 Å². The number of phenols is 1. The highest BCUT2D eigenvalue weighted by atomic mass is 79.9. The monoisotopic (exact) mass is 632 g/mol. The second-order valence-corrected chi connectivity index (χ2v) is 7.36. The van der Waals surface area contributed by atoms with E-state index >= 15 is 0 Å². The highest BCUT2D eigenvalue weighted by Gasteiger charge is 2.30. The first kappa shape index (κ1) is 31.2. The molecule has 2 aromatic rings. The first-order valence-electron chi connectivity index (χ1n) is 7.79. The molecule has 0 aliphatic carbocycles. The van der Waals surface area contributed by atoms with Crippen LogP contribution in [-0.2, 0) is 12.4 Å². The van der Waals surface area contributed by atoms with Gasteiger partial charge in [-0.15, -0.1) is 0 Å². The molecule has 2 aromatic carbocycles. The summed E-state index contributed by atoms with van der Waals surface area (Å²) in [6.07, 6.45) is -8.61. The van der Waals surface area contributed by atoms with Crippen molar-refractivity contribution in [2.45, 2.75) is 19.8 Å². The Labute approximate surface area is 197 Å². The van der Waals surface area contributed by atoms with E-state index < -0.39 is 23.5 Å². The third kappa shape index (κ3) is 14.1. The van der Waals surface area contributed by atoms with Gasteiger partial charge in [-0.2, -0.15) is 26.3 Å². The lowest BCUT2D eigenvalue weighted by molar-refractivity contribution is -0.138. The molecule has 11 heteroatoms. The zero-order valence-corrected chi connectivity index (χ0v) is 19.5. The fraction of sp³-hybridized carbons (Fsp3) is 0.368. The minimum atomic E-state index is -4.33. The lowest BCUT2D eigenvalue weighted by Crippen LogP contribution is -2.04. The largest absolute Gasteiger partial charge is 0.508 e. The van der Waals surface area contributed by atoms with E-state index in [9.17, 15) is 26.3 Å². The number of hydrogen-bond donors (Lipinski definition) is 1. The molecular weight excluding hydrogens is 614 g/mol. The molecule has 0 amide bonds. The van der Waals surface area contributed by atoms with Crippen molar-refractivity contribution >= 4 is 47.8 Å². The van der Waals surface area contributed by atoms with Crippen LogP contribution in [-0.4, -0.2) is 27.7 Å². The van der Waals surface area contributed by atoms with Gasteiger partial charge in [-0.05, 0) is 48.5 Å². The van der Waals surface area contributed by atoms with Crippen LogP contribution >= 0.6 is 47.8 Å². The van der Waals surface area contributed by atoms with Gasteiger partial charge in [0.15, 0.2) is 0 Å². The van der Waals surface area contributed by atoms with Crippen LogP contribution < -0.4 is 4.74 Å². The van der Waals surface area contributed by atoms with Gasteiger partial charge >= 0.3 is 12.4 Å². The number of benzene rings is 2. The minimum absolute atomic E-state index is 0. The Bertz CT molecular complexity index is 673. The third-order valence-corrected chi connectivity index (χ3v) is 4.97. The Hall–Kier alpha value is -0.940. The van der Waals surface area contributed by atoms with Crippen LogP contribution in [0.15, 0.2) is 48.5 Å². The van der Waals surface area contributed by atoms with E-state index in [2.05, 4.69) is 47.8 Å². The van der Waals surface area contributed by atoms with Crippen molar-refractivity contribution in [2.75, 3.05) is 22.6 Å². The molecule has 172 valence electrons. The third-order valence-electron chi connectivity index (χ3n) is 2.79. The standard InChI is InChI=1S/C9H8BrF3O.C7H5F3O.C2H4Br2.CH4/c10-5-6-14-8-3-1-7(2-4-8)9(11,12)13;8-7(9,10)5-1-3-6(11)4-2-5;3-1-2-4;/h1-4H,5-6H2;1-4,11H;1-2H2;1H4. The van der Waals surface area contributed by atoms with E-state index in [1.807, 2.05) is 0 Å². The maximum Gasteiger partial charge on any atom is 0.416 e. The highest BCUT2D eigenvalue weighted by molar-refractivity contribution is 9.12. The number of hydrogen-bond acceptors (Lipinski definition) is 2. The quantitative estimate of drug-likeness (QED) is 0.271. The van der Waals surface area contributed by atoms with Gasteiger partial charge in [0.25, 0.3) is 0 Å². The number of ether oxygens (including phenoxy) is 1. The fourth-order valence-corrected chi connectivity index (χ4v) is 1.71. The number of aromatic hydroxyl groups is 1. The predicted molar refractivity (Wildman–Crippen MR) is 118 cm³/mol. The molecule has 0 aromatic heterocycles. The average molecular weight is 635 g/mol. The Morgan fingerprint density at radius 3 is 1.33 bits per heavy atom. The van der Waals surface area contributed by atoms with Gasteiger partial charge in [0.1, 0.15) is 11.5 Å². The molecule has 0 saturated carbocycles. The molecule has 2 rings (SSSR count). The van der Waals surface area contributed by atoms with Gasteiger partial charge in [-0.1, -0.05) is 55.2 Å². The van der Waals surface area contributed by atoms with Crippen LogP contribution in [0.2, 0.25) is 0 Å². The van der Waals surface area contributed by atoms with Gasteiger partial charge in [0.05, 0.1) is 17.7 Å². The maximum atomic E-state index is 12.1. The summed E-state index contributed by atoms with van der Waals surface area (Å²) < 4.78 is 77.0. The van der Waals surface area contributed by atoms with Crippen LogP contribution in [0.1, 0.15) is 18.6 Å². The summed E-state index contributed by atoms with van der Waals surface area (Å²) in [5.74, 6) is 0.274. The van der Waals surface area contributed by atoms with Gasteiger partial charge < -0.3 is 9.84 Å². The van der Waals surface area contributed by atoms with Crippen LogP contribution in [0, 0.1) is 0 Å². The summed E-state index contributed by atoms with van der Waals surface area (Å²) in [4.78, 5) is 0. The van der Waals surface area contributed by atoms with E-state index in [1.165, 1.54) is 12.1 Å². The Morgan fingerprint density at radius 2 is 1.03 bits per heavy atom. The number of phenolic OH excluding ortho intramolecular Hbond substituents is 1. The molecular formula is C19H21Br3F6O2. The first-order valence-corrected chi connectivity index (χ1v) is 11.2. The van der Waals surface area contributed by atoms with Crippen LogP contribution in [0.3, 0.4) is 0 Å². The molecule has 0 aliphatic rings. The average Bonchev–Trinajstić information content (AvgIpc) is 2.66. The van der Waals surface area contributed by atoms with E-state index in [4.69, 9.17) is 9.84 Å². The molecule has 0 radical (unpaired) electrons. The maximum absolute atomic E-state index is 12.1. The fourth-order valence-electron chi connectivity index (χ4n) is 1.55. The van der Waals surface area contributed by atoms with Gasteiger partial charge in [-0.25, -0.2) is 0 Å². The second kappa shape index (κ2) is 15.8. The Kier molecular flexibility index (Phi) is 16.5. The molecule has 0 atom stereocenters. The topological polar surface area (TPSA) is 29.5 Å². The molecule has 0 aliphatic heterocycles. The summed E-state index contributed by atoms with van der Waals surface area (Å²) >= 11 is 9.55. The SMILES string of the molecule is BrCCBr.C.FC(F)(F)c1ccc(OCCBr)cc1.Oc1ccc(C(F)(F)F)cc1. The normalized spacial score (nSPS) is 10.6. The van der Waals surface area contributed by atoms with Crippen molar-refractivity contribution in [3.05, 3.63) is 59.7 Å². The minimum Gasteiger partial charge on any atom is -0.508 e. The molecule has 0 bridgehead atoms. The number of halogens is 9. The van der Waals surface area contributed by atoms with E-state index in [1.54, 1.807) is 0 Å². The van der Waals surface area contributed by atoms with Gasteiger partial charge in [-0.3, -0.25) is 0 Å². The molecule has 30 heavy (non-hydrogen) atoms. The van der Waals surface area contributed by atoms with Gasteiger partial charge in [0.2, 0.25) is 0 Å². The molecule has 0 unspecified atom stereocenters. The lowest BCUT2D eigenvalue weighted by Gasteiger charge is -2.08. The van der Waals surface area contributed by atoms with Crippen LogP contribution in [0.5, 0.6) is 11.5 Å². The van der Waals surface area contributed by atoms with Crippen molar-refractivity contribution in [3.63, 3.8) is 0 Å². The van der Waals surface area contributed by atoms with E-state index in [0.29, 0.717) is 17.7 Å². The lowest BCUT2D eigenvalue weighted by atomic mass is 10.2. The Balaban J connectivity index is 0.